The van der Waals surface area contributed by atoms with Crippen molar-refractivity contribution in [1.29, 1.82) is 0 Å². The van der Waals surface area contributed by atoms with E-state index in [1.165, 1.54) is 12.0 Å². The zero-order valence-corrected chi connectivity index (χ0v) is 14.7. The third kappa shape index (κ3) is 4.02. The monoisotopic (exact) mass is 327 g/mol. The van der Waals surface area contributed by atoms with Crippen molar-refractivity contribution in [3.8, 4) is 11.4 Å². The first-order chi connectivity index (χ1) is 11.5. The zero-order valence-electron chi connectivity index (χ0n) is 14.7. The highest BCUT2D eigenvalue weighted by Crippen LogP contribution is 2.22. The van der Waals surface area contributed by atoms with Crippen molar-refractivity contribution in [2.45, 2.75) is 40.0 Å². The number of piperidine rings is 1. The van der Waals surface area contributed by atoms with E-state index in [1.807, 2.05) is 36.1 Å². The number of likely N-dealkylation sites (tertiary alicyclic amines) is 1. The van der Waals surface area contributed by atoms with Gasteiger partial charge in [0, 0.05) is 31.5 Å². The molecule has 2 unspecified atom stereocenters. The second-order valence-electron chi connectivity index (χ2n) is 7.12. The van der Waals surface area contributed by atoms with Gasteiger partial charge >= 0.3 is 0 Å². The number of benzene rings is 1. The van der Waals surface area contributed by atoms with Crippen LogP contribution in [0.25, 0.3) is 11.4 Å². The number of carbonyl (C=O) groups excluding carboxylic acids is 1. The van der Waals surface area contributed by atoms with E-state index < -0.39 is 0 Å². The van der Waals surface area contributed by atoms with Gasteiger partial charge in [-0.15, -0.1) is 0 Å². The van der Waals surface area contributed by atoms with Crippen molar-refractivity contribution >= 4 is 5.91 Å². The molecule has 0 bridgehead atoms. The molecule has 2 heterocycles. The molecule has 1 aliphatic rings. The average molecular weight is 327 g/mol. The molecular formula is C19H25N3O2. The van der Waals surface area contributed by atoms with Gasteiger partial charge in [0.25, 0.3) is 0 Å². The molecule has 1 amide bonds. The minimum atomic E-state index is 0.184. The molecule has 2 atom stereocenters. The summed E-state index contributed by atoms with van der Waals surface area (Å²) < 4.78 is 5.30. The SMILES string of the molecule is Cc1ccc(-c2noc(CCC(=O)N3CC(C)CC(C)C3)n2)cc1. The summed E-state index contributed by atoms with van der Waals surface area (Å²) >= 11 is 0. The summed E-state index contributed by atoms with van der Waals surface area (Å²) in [7, 11) is 0. The van der Waals surface area contributed by atoms with Crippen molar-refractivity contribution in [3.05, 3.63) is 35.7 Å². The zero-order chi connectivity index (χ0) is 17.1. The van der Waals surface area contributed by atoms with Crippen LogP contribution in [0.2, 0.25) is 0 Å². The Morgan fingerprint density at radius 3 is 2.54 bits per heavy atom. The molecule has 0 N–H and O–H groups in total. The maximum absolute atomic E-state index is 12.4. The fourth-order valence-corrected chi connectivity index (χ4v) is 3.41. The van der Waals surface area contributed by atoms with Crippen LogP contribution in [0.1, 0.15) is 38.1 Å². The van der Waals surface area contributed by atoms with Gasteiger partial charge in [0.15, 0.2) is 0 Å². The number of rotatable bonds is 4. The van der Waals surface area contributed by atoms with E-state index >= 15 is 0 Å². The predicted molar refractivity (Wildman–Crippen MR) is 92.3 cm³/mol. The van der Waals surface area contributed by atoms with Gasteiger partial charge in [-0.05, 0) is 25.2 Å². The van der Waals surface area contributed by atoms with Gasteiger partial charge in [0.05, 0.1) is 0 Å². The average Bonchev–Trinajstić information content (AvgIpc) is 3.01. The van der Waals surface area contributed by atoms with E-state index in [1.54, 1.807) is 0 Å². The highest BCUT2D eigenvalue weighted by atomic mass is 16.5. The van der Waals surface area contributed by atoms with Crippen LogP contribution in [0.3, 0.4) is 0 Å². The van der Waals surface area contributed by atoms with E-state index in [-0.39, 0.29) is 5.91 Å². The quantitative estimate of drug-likeness (QED) is 0.862. The number of nitrogens with zero attached hydrogens (tertiary/aromatic N) is 3. The summed E-state index contributed by atoms with van der Waals surface area (Å²) in [6.07, 6.45) is 2.12. The summed E-state index contributed by atoms with van der Waals surface area (Å²) in [6, 6.07) is 8.00. The molecule has 1 fully saturated rings. The first-order valence-corrected chi connectivity index (χ1v) is 8.68. The van der Waals surface area contributed by atoms with Crippen LogP contribution in [0.15, 0.2) is 28.8 Å². The second kappa shape index (κ2) is 7.16. The lowest BCUT2D eigenvalue weighted by Gasteiger charge is -2.35. The summed E-state index contributed by atoms with van der Waals surface area (Å²) in [4.78, 5) is 18.8. The summed E-state index contributed by atoms with van der Waals surface area (Å²) in [5.41, 5.74) is 2.12. The number of amides is 1. The van der Waals surface area contributed by atoms with Gasteiger partial charge < -0.3 is 9.42 Å². The molecule has 3 rings (SSSR count). The molecule has 1 aromatic carbocycles. The van der Waals surface area contributed by atoms with Crippen molar-refractivity contribution in [3.63, 3.8) is 0 Å². The Kier molecular flexibility index (Phi) is 4.97. The highest BCUT2D eigenvalue weighted by Gasteiger charge is 2.25. The van der Waals surface area contributed by atoms with E-state index in [4.69, 9.17) is 4.52 Å². The Morgan fingerprint density at radius 2 is 1.88 bits per heavy atom. The molecule has 0 saturated carbocycles. The molecule has 128 valence electrons. The number of carbonyl (C=O) groups is 1. The van der Waals surface area contributed by atoms with Crippen molar-refractivity contribution in [2.24, 2.45) is 11.8 Å². The van der Waals surface area contributed by atoms with Crippen LogP contribution < -0.4 is 0 Å². The third-order valence-corrected chi connectivity index (χ3v) is 4.55. The van der Waals surface area contributed by atoms with E-state index in [2.05, 4.69) is 24.0 Å². The van der Waals surface area contributed by atoms with Gasteiger partial charge in [-0.25, -0.2) is 0 Å². The summed E-state index contributed by atoms with van der Waals surface area (Å²) in [5.74, 6) is 2.45. The first-order valence-electron chi connectivity index (χ1n) is 8.68. The van der Waals surface area contributed by atoms with Crippen LogP contribution in [0, 0.1) is 18.8 Å². The maximum Gasteiger partial charge on any atom is 0.227 e. The van der Waals surface area contributed by atoms with Crippen LogP contribution in [-0.4, -0.2) is 34.0 Å². The Labute approximate surface area is 143 Å². The molecule has 0 aliphatic carbocycles. The maximum atomic E-state index is 12.4. The molecule has 24 heavy (non-hydrogen) atoms. The fraction of sp³-hybridized carbons (Fsp3) is 0.526. The van der Waals surface area contributed by atoms with E-state index in [0.29, 0.717) is 36.4 Å². The molecular weight excluding hydrogens is 302 g/mol. The number of hydrogen-bond donors (Lipinski definition) is 0. The first kappa shape index (κ1) is 16.7. The van der Waals surface area contributed by atoms with Crippen LogP contribution in [-0.2, 0) is 11.2 Å². The number of aryl methyl sites for hydroxylation is 2. The lowest BCUT2D eigenvalue weighted by atomic mass is 9.91. The predicted octanol–water partition coefficient (Wildman–Crippen LogP) is 3.48. The molecule has 5 heteroatoms. The van der Waals surface area contributed by atoms with Gasteiger partial charge in [-0.2, -0.15) is 4.98 Å². The molecule has 0 spiro atoms. The van der Waals surface area contributed by atoms with Crippen LogP contribution in [0.5, 0.6) is 0 Å². The molecule has 1 aromatic heterocycles. The Morgan fingerprint density at radius 1 is 1.21 bits per heavy atom. The molecule has 0 radical (unpaired) electrons. The normalized spacial score (nSPS) is 21.0. The van der Waals surface area contributed by atoms with E-state index in [0.717, 1.165) is 18.7 Å². The topological polar surface area (TPSA) is 59.2 Å². The number of aromatic nitrogens is 2. The third-order valence-electron chi connectivity index (χ3n) is 4.55. The summed E-state index contributed by atoms with van der Waals surface area (Å²) in [6.45, 7) is 8.19. The van der Waals surface area contributed by atoms with Crippen LogP contribution in [0.4, 0.5) is 0 Å². The van der Waals surface area contributed by atoms with Crippen LogP contribution >= 0.6 is 0 Å². The largest absolute Gasteiger partial charge is 0.342 e. The smallest absolute Gasteiger partial charge is 0.227 e. The standard InChI is InChI=1S/C19H25N3O2/c1-13-4-6-16(7-5-13)19-20-17(24-21-19)8-9-18(23)22-11-14(2)10-15(3)12-22/h4-7,14-15H,8-12H2,1-3H3. The molecule has 1 aliphatic heterocycles. The van der Waals surface area contributed by atoms with Crippen molar-refractivity contribution < 1.29 is 9.32 Å². The fourth-order valence-electron chi connectivity index (χ4n) is 3.41. The summed E-state index contributed by atoms with van der Waals surface area (Å²) in [5, 5.41) is 4.02. The molecule has 5 nitrogen and oxygen atoms in total. The van der Waals surface area contributed by atoms with Gasteiger partial charge in [0.2, 0.25) is 17.6 Å². The van der Waals surface area contributed by atoms with Crippen molar-refractivity contribution in [1.82, 2.24) is 15.0 Å². The lowest BCUT2D eigenvalue weighted by molar-refractivity contribution is -0.133. The van der Waals surface area contributed by atoms with Gasteiger partial charge in [-0.3, -0.25) is 4.79 Å². The highest BCUT2D eigenvalue weighted by molar-refractivity contribution is 5.76. The van der Waals surface area contributed by atoms with Gasteiger partial charge in [-0.1, -0.05) is 48.8 Å². The minimum Gasteiger partial charge on any atom is -0.342 e. The number of hydrogen-bond acceptors (Lipinski definition) is 4. The molecule has 1 saturated heterocycles. The minimum absolute atomic E-state index is 0.184. The Balaban J connectivity index is 1.57. The molecule has 2 aromatic rings. The Bertz CT molecular complexity index is 683. The van der Waals surface area contributed by atoms with Gasteiger partial charge in [0.1, 0.15) is 0 Å². The van der Waals surface area contributed by atoms with E-state index in [9.17, 15) is 4.79 Å². The lowest BCUT2D eigenvalue weighted by Crippen LogP contribution is -2.42. The Hall–Kier alpha value is -2.17. The van der Waals surface area contributed by atoms with Crippen molar-refractivity contribution in [2.75, 3.05) is 13.1 Å². The second-order valence-corrected chi connectivity index (χ2v) is 7.12.